The topological polar surface area (TPSA) is 55.3 Å². The standard InChI is InChI=1S/C23H23N3O2/c1-28-21-12-6-5-11-19(21)23(27)26-15-7-10-18(16-26)20-13-14-24-22(25-20)17-8-3-2-4-9-17/h2-6,8-9,11-14,18H,7,10,15-16H2,1H3/t18-/m1/s1. The molecule has 1 atom stereocenters. The minimum Gasteiger partial charge on any atom is -0.496 e. The van der Waals surface area contributed by atoms with Crippen molar-refractivity contribution in [3.05, 3.63) is 78.1 Å². The second kappa shape index (κ2) is 8.21. The van der Waals surface area contributed by atoms with Crippen molar-refractivity contribution < 1.29 is 9.53 Å². The van der Waals surface area contributed by atoms with E-state index in [0.717, 1.165) is 36.5 Å². The maximum absolute atomic E-state index is 13.1. The number of likely N-dealkylation sites (tertiary alicyclic amines) is 1. The molecule has 1 fully saturated rings. The molecule has 142 valence electrons. The summed E-state index contributed by atoms with van der Waals surface area (Å²) >= 11 is 0. The predicted molar refractivity (Wildman–Crippen MR) is 108 cm³/mol. The first-order valence-corrected chi connectivity index (χ1v) is 9.57. The summed E-state index contributed by atoms with van der Waals surface area (Å²) in [6.07, 6.45) is 3.78. The fourth-order valence-corrected chi connectivity index (χ4v) is 3.72. The van der Waals surface area contributed by atoms with Gasteiger partial charge in [-0.2, -0.15) is 0 Å². The Kier molecular flexibility index (Phi) is 5.33. The zero-order chi connectivity index (χ0) is 19.3. The van der Waals surface area contributed by atoms with E-state index in [4.69, 9.17) is 9.72 Å². The van der Waals surface area contributed by atoms with Crippen molar-refractivity contribution in [1.29, 1.82) is 0 Å². The van der Waals surface area contributed by atoms with Gasteiger partial charge in [0.05, 0.1) is 12.7 Å². The molecule has 28 heavy (non-hydrogen) atoms. The average molecular weight is 373 g/mol. The molecule has 1 aromatic heterocycles. The van der Waals surface area contributed by atoms with Gasteiger partial charge in [-0.25, -0.2) is 9.97 Å². The van der Waals surface area contributed by atoms with Gasteiger partial charge < -0.3 is 9.64 Å². The molecule has 0 saturated carbocycles. The number of para-hydroxylation sites is 1. The lowest BCUT2D eigenvalue weighted by Gasteiger charge is -2.33. The molecule has 0 spiro atoms. The van der Waals surface area contributed by atoms with Crippen molar-refractivity contribution >= 4 is 5.91 Å². The molecular formula is C23H23N3O2. The van der Waals surface area contributed by atoms with Crippen LogP contribution in [0.25, 0.3) is 11.4 Å². The van der Waals surface area contributed by atoms with Gasteiger partial charge in [-0.05, 0) is 31.0 Å². The lowest BCUT2D eigenvalue weighted by atomic mass is 9.94. The Bertz CT molecular complexity index is 959. The minimum atomic E-state index is 0.0134. The SMILES string of the molecule is COc1ccccc1C(=O)N1CCC[C@@H](c2ccnc(-c3ccccc3)n2)C1. The maximum atomic E-state index is 13.1. The van der Waals surface area contributed by atoms with Crippen molar-refractivity contribution in [2.45, 2.75) is 18.8 Å². The van der Waals surface area contributed by atoms with Crippen LogP contribution in [-0.4, -0.2) is 41.0 Å². The van der Waals surface area contributed by atoms with Crippen LogP contribution in [0.5, 0.6) is 5.75 Å². The second-order valence-corrected chi connectivity index (χ2v) is 6.96. The molecule has 0 aliphatic carbocycles. The number of methoxy groups -OCH3 is 1. The van der Waals surface area contributed by atoms with E-state index in [9.17, 15) is 4.79 Å². The molecular weight excluding hydrogens is 350 g/mol. The summed E-state index contributed by atoms with van der Waals surface area (Å²) in [6, 6.07) is 19.3. The van der Waals surface area contributed by atoms with Gasteiger partial charge in [0.2, 0.25) is 0 Å². The number of carbonyl (C=O) groups is 1. The first-order chi connectivity index (χ1) is 13.8. The number of benzene rings is 2. The van der Waals surface area contributed by atoms with Gasteiger partial charge in [0, 0.05) is 36.5 Å². The van der Waals surface area contributed by atoms with Gasteiger partial charge in [-0.1, -0.05) is 42.5 Å². The van der Waals surface area contributed by atoms with Gasteiger partial charge in [0.25, 0.3) is 5.91 Å². The third-order valence-electron chi connectivity index (χ3n) is 5.17. The second-order valence-electron chi connectivity index (χ2n) is 6.96. The number of amides is 1. The quantitative estimate of drug-likeness (QED) is 0.689. The summed E-state index contributed by atoms with van der Waals surface area (Å²) in [5.74, 6) is 1.56. The van der Waals surface area contributed by atoms with E-state index in [1.807, 2.05) is 71.8 Å². The summed E-state index contributed by atoms with van der Waals surface area (Å²) in [5, 5.41) is 0. The largest absolute Gasteiger partial charge is 0.496 e. The number of hydrogen-bond acceptors (Lipinski definition) is 4. The van der Waals surface area contributed by atoms with Crippen molar-refractivity contribution in [1.82, 2.24) is 14.9 Å². The van der Waals surface area contributed by atoms with E-state index >= 15 is 0 Å². The van der Waals surface area contributed by atoms with Crippen LogP contribution in [0.15, 0.2) is 66.9 Å². The number of piperidine rings is 1. The fraction of sp³-hybridized carbons (Fsp3) is 0.261. The maximum Gasteiger partial charge on any atom is 0.257 e. The van der Waals surface area contributed by atoms with E-state index in [-0.39, 0.29) is 11.8 Å². The van der Waals surface area contributed by atoms with Gasteiger partial charge in [0.1, 0.15) is 5.75 Å². The first kappa shape index (κ1) is 18.2. The van der Waals surface area contributed by atoms with Crippen LogP contribution in [0, 0.1) is 0 Å². The lowest BCUT2D eigenvalue weighted by Crippen LogP contribution is -2.39. The summed E-state index contributed by atoms with van der Waals surface area (Å²) < 4.78 is 5.37. The van der Waals surface area contributed by atoms with Crippen LogP contribution >= 0.6 is 0 Å². The molecule has 0 bridgehead atoms. The number of hydrogen-bond donors (Lipinski definition) is 0. The molecule has 2 aromatic carbocycles. The zero-order valence-electron chi connectivity index (χ0n) is 15.9. The summed E-state index contributed by atoms with van der Waals surface area (Å²) in [5.41, 5.74) is 2.60. The smallest absolute Gasteiger partial charge is 0.257 e. The Morgan fingerprint density at radius 3 is 2.68 bits per heavy atom. The average Bonchev–Trinajstić information content (AvgIpc) is 2.79. The Hall–Kier alpha value is -3.21. The normalized spacial score (nSPS) is 16.6. The number of aromatic nitrogens is 2. The van der Waals surface area contributed by atoms with Gasteiger partial charge >= 0.3 is 0 Å². The number of carbonyl (C=O) groups excluding carboxylic acids is 1. The van der Waals surface area contributed by atoms with E-state index < -0.39 is 0 Å². The molecule has 0 N–H and O–H groups in total. The monoisotopic (exact) mass is 373 g/mol. The van der Waals surface area contributed by atoms with Crippen LogP contribution in [0.4, 0.5) is 0 Å². The number of ether oxygens (including phenoxy) is 1. The molecule has 1 saturated heterocycles. The highest BCUT2D eigenvalue weighted by Crippen LogP contribution is 2.29. The van der Waals surface area contributed by atoms with Crippen LogP contribution in [0.3, 0.4) is 0 Å². The highest BCUT2D eigenvalue weighted by Gasteiger charge is 2.27. The van der Waals surface area contributed by atoms with Gasteiger partial charge in [-0.3, -0.25) is 4.79 Å². The molecule has 5 heteroatoms. The van der Waals surface area contributed by atoms with Gasteiger partial charge in [-0.15, -0.1) is 0 Å². The van der Waals surface area contributed by atoms with Crippen LogP contribution < -0.4 is 4.74 Å². The molecule has 0 unspecified atom stereocenters. The van der Waals surface area contributed by atoms with Crippen LogP contribution in [-0.2, 0) is 0 Å². The van der Waals surface area contributed by atoms with E-state index in [1.165, 1.54) is 0 Å². The Labute approximate surface area is 165 Å². The molecule has 1 aliphatic heterocycles. The summed E-state index contributed by atoms with van der Waals surface area (Å²) in [4.78, 5) is 24.2. The number of rotatable bonds is 4. The summed E-state index contributed by atoms with van der Waals surface area (Å²) in [6.45, 7) is 1.41. The third-order valence-corrected chi connectivity index (χ3v) is 5.17. The van der Waals surface area contributed by atoms with Crippen LogP contribution in [0.1, 0.15) is 34.8 Å². The highest BCUT2D eigenvalue weighted by atomic mass is 16.5. The highest BCUT2D eigenvalue weighted by molar-refractivity contribution is 5.97. The Morgan fingerprint density at radius 1 is 1.07 bits per heavy atom. The summed E-state index contributed by atoms with van der Waals surface area (Å²) in [7, 11) is 1.59. The van der Waals surface area contributed by atoms with Gasteiger partial charge in [0.15, 0.2) is 5.82 Å². The molecule has 4 rings (SSSR count). The predicted octanol–water partition coefficient (Wildman–Crippen LogP) is 4.17. The first-order valence-electron chi connectivity index (χ1n) is 9.57. The lowest BCUT2D eigenvalue weighted by molar-refractivity contribution is 0.0702. The van der Waals surface area contributed by atoms with E-state index in [0.29, 0.717) is 17.9 Å². The molecule has 1 aliphatic rings. The van der Waals surface area contributed by atoms with E-state index in [2.05, 4.69) is 4.98 Å². The Morgan fingerprint density at radius 2 is 1.86 bits per heavy atom. The minimum absolute atomic E-state index is 0.0134. The number of nitrogens with zero attached hydrogens (tertiary/aromatic N) is 3. The molecule has 1 amide bonds. The molecule has 2 heterocycles. The van der Waals surface area contributed by atoms with Crippen molar-refractivity contribution in [2.24, 2.45) is 0 Å². The Balaban J connectivity index is 1.55. The third kappa shape index (κ3) is 3.74. The van der Waals surface area contributed by atoms with Crippen molar-refractivity contribution in [2.75, 3.05) is 20.2 Å². The molecule has 5 nitrogen and oxygen atoms in total. The fourth-order valence-electron chi connectivity index (χ4n) is 3.72. The molecule has 0 radical (unpaired) electrons. The molecule has 3 aromatic rings. The van der Waals surface area contributed by atoms with E-state index in [1.54, 1.807) is 7.11 Å². The zero-order valence-corrected chi connectivity index (χ0v) is 15.9. The van der Waals surface area contributed by atoms with Crippen molar-refractivity contribution in [3.63, 3.8) is 0 Å². The van der Waals surface area contributed by atoms with Crippen molar-refractivity contribution in [3.8, 4) is 17.1 Å². The van der Waals surface area contributed by atoms with Crippen LogP contribution in [0.2, 0.25) is 0 Å².